The number of aryl methyl sites for hydroxylation is 5. The van der Waals surface area contributed by atoms with E-state index < -0.39 is 0 Å². The molecule has 1 heterocycles. The quantitative estimate of drug-likeness (QED) is 0.580. The summed E-state index contributed by atoms with van der Waals surface area (Å²) in [6, 6.07) is 14.2. The van der Waals surface area contributed by atoms with Crippen LogP contribution in [0.25, 0.3) is 10.9 Å². The van der Waals surface area contributed by atoms with Gasteiger partial charge in [0.1, 0.15) is 5.75 Å². The van der Waals surface area contributed by atoms with E-state index in [4.69, 9.17) is 4.74 Å². The number of rotatable bonds is 6. The Morgan fingerprint density at radius 3 is 2.46 bits per heavy atom. The predicted molar refractivity (Wildman–Crippen MR) is 108 cm³/mol. The van der Waals surface area contributed by atoms with Gasteiger partial charge in [-0.2, -0.15) is 0 Å². The van der Waals surface area contributed by atoms with E-state index >= 15 is 0 Å². The fraction of sp³-hybridized carbons (Fsp3) is 0.348. The van der Waals surface area contributed by atoms with Crippen LogP contribution >= 0.6 is 0 Å². The van der Waals surface area contributed by atoms with Crippen LogP contribution in [0, 0.1) is 27.7 Å². The van der Waals surface area contributed by atoms with Crippen LogP contribution in [-0.2, 0) is 6.54 Å². The van der Waals surface area contributed by atoms with Crippen LogP contribution < -0.4 is 10.3 Å². The van der Waals surface area contributed by atoms with Gasteiger partial charge in [0, 0.05) is 18.0 Å². The third-order valence-corrected chi connectivity index (χ3v) is 4.78. The number of nitrogens with zero attached hydrogens (tertiary/aromatic N) is 1. The molecule has 3 heteroatoms. The van der Waals surface area contributed by atoms with Gasteiger partial charge in [0.05, 0.1) is 12.1 Å². The number of aromatic nitrogens is 1. The number of pyridine rings is 1. The molecule has 0 spiro atoms. The van der Waals surface area contributed by atoms with E-state index in [-0.39, 0.29) is 5.56 Å². The lowest BCUT2D eigenvalue weighted by Crippen LogP contribution is -2.21. The fourth-order valence-electron chi connectivity index (χ4n) is 3.56. The Kier molecular flexibility index (Phi) is 5.46. The highest BCUT2D eigenvalue weighted by molar-refractivity contribution is 5.86. The topological polar surface area (TPSA) is 31.2 Å². The Bertz CT molecular complexity index is 985. The van der Waals surface area contributed by atoms with Crippen molar-refractivity contribution in [2.24, 2.45) is 0 Å². The molecule has 136 valence electrons. The molecule has 0 N–H and O–H groups in total. The molecule has 2 aromatic carbocycles. The van der Waals surface area contributed by atoms with Crippen LogP contribution in [0.15, 0.2) is 47.3 Å². The standard InChI is InChI=1S/C23H27NO2/c1-16-8-7-9-20(13-16)26-11-6-5-10-24-22(25)15-18(3)21-14-17(2)12-19(4)23(21)24/h7-9,12-15H,5-6,10-11H2,1-4H3. The summed E-state index contributed by atoms with van der Waals surface area (Å²) in [6.45, 7) is 9.65. The van der Waals surface area contributed by atoms with Gasteiger partial charge >= 0.3 is 0 Å². The first-order valence-electron chi connectivity index (χ1n) is 9.26. The second-order valence-corrected chi connectivity index (χ2v) is 7.17. The fourth-order valence-corrected chi connectivity index (χ4v) is 3.56. The van der Waals surface area contributed by atoms with Crippen LogP contribution in [0.3, 0.4) is 0 Å². The van der Waals surface area contributed by atoms with Crippen molar-refractivity contribution in [2.75, 3.05) is 6.61 Å². The maximum atomic E-state index is 12.5. The Labute approximate surface area is 155 Å². The zero-order valence-electron chi connectivity index (χ0n) is 16.1. The SMILES string of the molecule is Cc1cccc(OCCCCn2c(=O)cc(C)c3cc(C)cc(C)c32)c1. The lowest BCUT2D eigenvalue weighted by atomic mass is 10.0. The summed E-state index contributed by atoms with van der Waals surface area (Å²) in [5, 5.41) is 1.18. The van der Waals surface area contributed by atoms with Crippen molar-refractivity contribution < 1.29 is 4.74 Å². The van der Waals surface area contributed by atoms with Gasteiger partial charge in [0.15, 0.2) is 0 Å². The highest BCUT2D eigenvalue weighted by Crippen LogP contribution is 2.22. The Morgan fingerprint density at radius 2 is 1.69 bits per heavy atom. The van der Waals surface area contributed by atoms with Crippen LogP contribution in [0.1, 0.15) is 35.1 Å². The highest BCUT2D eigenvalue weighted by atomic mass is 16.5. The minimum atomic E-state index is 0.0848. The average Bonchev–Trinajstić information content (AvgIpc) is 2.57. The summed E-state index contributed by atoms with van der Waals surface area (Å²) in [7, 11) is 0. The van der Waals surface area contributed by atoms with E-state index in [1.807, 2.05) is 29.7 Å². The second-order valence-electron chi connectivity index (χ2n) is 7.17. The molecule has 0 saturated carbocycles. The largest absolute Gasteiger partial charge is 0.494 e. The van der Waals surface area contributed by atoms with E-state index in [0.717, 1.165) is 41.8 Å². The molecule has 0 aliphatic carbocycles. The first kappa shape index (κ1) is 18.2. The van der Waals surface area contributed by atoms with Crippen LogP contribution in [-0.4, -0.2) is 11.2 Å². The first-order chi connectivity index (χ1) is 12.5. The van der Waals surface area contributed by atoms with E-state index in [2.05, 4.69) is 39.0 Å². The maximum Gasteiger partial charge on any atom is 0.251 e. The van der Waals surface area contributed by atoms with Crippen LogP contribution in [0.2, 0.25) is 0 Å². The molecule has 0 fully saturated rings. The van der Waals surface area contributed by atoms with Crippen LogP contribution in [0.5, 0.6) is 5.75 Å². The highest BCUT2D eigenvalue weighted by Gasteiger charge is 2.09. The molecule has 0 bridgehead atoms. The third-order valence-electron chi connectivity index (χ3n) is 4.78. The van der Waals surface area contributed by atoms with Crippen LogP contribution in [0.4, 0.5) is 0 Å². The van der Waals surface area contributed by atoms with Gasteiger partial charge in [0.25, 0.3) is 5.56 Å². The van der Waals surface area contributed by atoms with Gasteiger partial charge in [-0.1, -0.05) is 23.8 Å². The normalized spacial score (nSPS) is 11.1. The molecule has 0 aliphatic heterocycles. The molecule has 26 heavy (non-hydrogen) atoms. The van der Waals surface area contributed by atoms with Crippen molar-refractivity contribution in [1.29, 1.82) is 0 Å². The third kappa shape index (κ3) is 3.98. The minimum absolute atomic E-state index is 0.0848. The van der Waals surface area contributed by atoms with Gasteiger partial charge in [-0.15, -0.1) is 0 Å². The summed E-state index contributed by atoms with van der Waals surface area (Å²) < 4.78 is 7.73. The molecule has 1 aromatic heterocycles. The molecule has 0 radical (unpaired) electrons. The van der Waals surface area contributed by atoms with Crippen molar-refractivity contribution in [3.05, 3.63) is 75.1 Å². The maximum absolute atomic E-state index is 12.5. The molecule has 0 atom stereocenters. The van der Waals surface area contributed by atoms with E-state index in [9.17, 15) is 4.79 Å². The van der Waals surface area contributed by atoms with Crippen molar-refractivity contribution >= 4 is 10.9 Å². The minimum Gasteiger partial charge on any atom is -0.494 e. The van der Waals surface area contributed by atoms with Gasteiger partial charge in [-0.3, -0.25) is 4.79 Å². The Morgan fingerprint density at radius 1 is 0.885 bits per heavy atom. The number of hydrogen-bond acceptors (Lipinski definition) is 2. The molecule has 0 unspecified atom stereocenters. The van der Waals surface area contributed by atoms with Gasteiger partial charge < -0.3 is 9.30 Å². The van der Waals surface area contributed by atoms with Gasteiger partial charge in [0.2, 0.25) is 0 Å². The molecule has 3 rings (SSSR count). The van der Waals surface area contributed by atoms with Crippen molar-refractivity contribution in [2.45, 2.75) is 47.1 Å². The number of unbranched alkanes of at least 4 members (excludes halogenated alkanes) is 1. The second kappa shape index (κ2) is 7.77. The van der Waals surface area contributed by atoms with Gasteiger partial charge in [-0.05, 0) is 75.4 Å². The van der Waals surface area contributed by atoms with E-state index in [1.54, 1.807) is 6.07 Å². The first-order valence-corrected chi connectivity index (χ1v) is 9.26. The zero-order chi connectivity index (χ0) is 18.7. The smallest absolute Gasteiger partial charge is 0.251 e. The lowest BCUT2D eigenvalue weighted by Gasteiger charge is -2.15. The predicted octanol–water partition coefficient (Wildman–Crippen LogP) is 5.09. The van der Waals surface area contributed by atoms with Crippen molar-refractivity contribution in [3.8, 4) is 5.75 Å². The van der Waals surface area contributed by atoms with E-state index in [1.165, 1.54) is 16.5 Å². The molecule has 3 aromatic rings. The molecule has 0 amide bonds. The Hall–Kier alpha value is -2.55. The summed E-state index contributed by atoms with van der Waals surface area (Å²) in [6.07, 6.45) is 1.83. The number of benzene rings is 2. The zero-order valence-corrected chi connectivity index (χ0v) is 16.1. The van der Waals surface area contributed by atoms with Crippen molar-refractivity contribution in [3.63, 3.8) is 0 Å². The summed E-state index contributed by atoms with van der Waals surface area (Å²) in [4.78, 5) is 12.5. The van der Waals surface area contributed by atoms with E-state index in [0.29, 0.717) is 6.61 Å². The van der Waals surface area contributed by atoms with Gasteiger partial charge in [-0.25, -0.2) is 0 Å². The van der Waals surface area contributed by atoms with Crippen molar-refractivity contribution in [1.82, 2.24) is 4.57 Å². The number of ether oxygens (including phenoxy) is 1. The summed E-state index contributed by atoms with van der Waals surface area (Å²) >= 11 is 0. The summed E-state index contributed by atoms with van der Waals surface area (Å²) in [5.41, 5.74) is 5.80. The number of hydrogen-bond donors (Lipinski definition) is 0. The number of fused-ring (bicyclic) bond motifs is 1. The molecule has 0 aliphatic rings. The monoisotopic (exact) mass is 349 g/mol. The molecule has 0 saturated heterocycles. The summed E-state index contributed by atoms with van der Waals surface area (Å²) in [5.74, 6) is 0.911. The molecule has 3 nitrogen and oxygen atoms in total. The molecular weight excluding hydrogens is 322 g/mol. The Balaban J connectivity index is 1.70. The molecular formula is C23H27NO2. The lowest BCUT2D eigenvalue weighted by molar-refractivity contribution is 0.303. The average molecular weight is 349 g/mol.